The van der Waals surface area contributed by atoms with Crippen LogP contribution in [-0.2, 0) is 4.74 Å². The van der Waals surface area contributed by atoms with E-state index < -0.39 is 0 Å². The Labute approximate surface area is 158 Å². The average Bonchev–Trinajstić information content (AvgIpc) is 3.13. The van der Waals surface area contributed by atoms with Gasteiger partial charge < -0.3 is 24.2 Å². The van der Waals surface area contributed by atoms with Crippen LogP contribution < -0.4 is 14.4 Å². The van der Waals surface area contributed by atoms with Crippen molar-refractivity contribution in [2.45, 2.75) is 25.5 Å². The molecule has 2 saturated heterocycles. The highest BCUT2D eigenvalue weighted by Crippen LogP contribution is 2.39. The number of ether oxygens (including phenoxy) is 3. The first-order chi connectivity index (χ1) is 13.2. The number of benzene rings is 1. The van der Waals surface area contributed by atoms with Crippen LogP contribution in [0.2, 0.25) is 0 Å². The SMILES string of the molecule is Cc1cc(N2CC[C@@H](N3CCOCC3)[C@H](O)C2)c2cc3c(cc2n1)OCO3. The lowest BCUT2D eigenvalue weighted by Crippen LogP contribution is -2.56. The number of rotatable bonds is 2. The van der Waals surface area contributed by atoms with Gasteiger partial charge in [-0.3, -0.25) is 9.88 Å². The van der Waals surface area contributed by atoms with E-state index in [1.807, 2.05) is 19.1 Å². The van der Waals surface area contributed by atoms with Crippen LogP contribution in [0.25, 0.3) is 10.9 Å². The number of aliphatic hydroxyl groups is 1. The number of fused-ring (bicyclic) bond motifs is 2. The maximum absolute atomic E-state index is 10.9. The largest absolute Gasteiger partial charge is 0.454 e. The molecule has 0 bridgehead atoms. The molecule has 2 atom stereocenters. The summed E-state index contributed by atoms with van der Waals surface area (Å²) < 4.78 is 16.5. The Morgan fingerprint density at radius 3 is 2.63 bits per heavy atom. The molecule has 0 saturated carbocycles. The minimum Gasteiger partial charge on any atom is -0.454 e. The van der Waals surface area contributed by atoms with Gasteiger partial charge in [0.1, 0.15) is 0 Å². The van der Waals surface area contributed by atoms with Crippen LogP contribution >= 0.6 is 0 Å². The summed E-state index contributed by atoms with van der Waals surface area (Å²) in [5, 5.41) is 11.9. The van der Waals surface area contributed by atoms with Crippen LogP contribution in [0.1, 0.15) is 12.1 Å². The first-order valence-electron chi connectivity index (χ1n) is 9.65. The molecule has 1 aromatic carbocycles. The standard InChI is InChI=1S/C20H25N3O4/c1-13-8-17(14-9-19-20(27-12-26-19)10-15(14)21-13)23-3-2-16(18(24)11-23)22-4-6-25-7-5-22/h8-10,16,18,24H,2-7,11-12H2,1H3/t16-,18-/m1/s1. The summed E-state index contributed by atoms with van der Waals surface area (Å²) in [6, 6.07) is 6.28. The van der Waals surface area contributed by atoms with E-state index in [-0.39, 0.29) is 18.9 Å². The molecular formula is C20H25N3O4. The van der Waals surface area contributed by atoms with Gasteiger partial charge >= 0.3 is 0 Å². The lowest BCUT2D eigenvalue weighted by Gasteiger charge is -2.44. The fraction of sp³-hybridized carbons (Fsp3) is 0.550. The van der Waals surface area contributed by atoms with Crippen LogP contribution in [-0.4, -0.2) is 73.3 Å². The van der Waals surface area contributed by atoms with Crippen molar-refractivity contribution in [2.75, 3.05) is 51.1 Å². The molecule has 5 rings (SSSR count). The fourth-order valence-corrected chi connectivity index (χ4v) is 4.46. The second-order valence-corrected chi connectivity index (χ2v) is 7.52. The van der Waals surface area contributed by atoms with E-state index in [0.29, 0.717) is 6.54 Å². The van der Waals surface area contributed by atoms with Gasteiger partial charge in [-0.05, 0) is 25.5 Å². The number of anilines is 1. The third kappa shape index (κ3) is 3.09. The molecule has 0 radical (unpaired) electrons. The van der Waals surface area contributed by atoms with Gasteiger partial charge in [-0.2, -0.15) is 0 Å². The van der Waals surface area contributed by atoms with E-state index in [4.69, 9.17) is 14.2 Å². The highest BCUT2D eigenvalue weighted by atomic mass is 16.7. The van der Waals surface area contributed by atoms with E-state index in [0.717, 1.165) is 73.1 Å². The molecule has 3 aliphatic rings. The topological polar surface area (TPSA) is 67.3 Å². The van der Waals surface area contributed by atoms with Crippen molar-refractivity contribution in [3.05, 3.63) is 23.9 Å². The highest BCUT2D eigenvalue weighted by molar-refractivity contribution is 5.94. The number of hydrogen-bond donors (Lipinski definition) is 1. The van der Waals surface area contributed by atoms with E-state index in [2.05, 4.69) is 20.9 Å². The predicted octanol–water partition coefficient (Wildman–Crippen LogP) is 1.54. The maximum Gasteiger partial charge on any atom is 0.231 e. The molecule has 1 aromatic heterocycles. The van der Waals surface area contributed by atoms with Crippen molar-refractivity contribution in [3.63, 3.8) is 0 Å². The monoisotopic (exact) mass is 371 g/mol. The van der Waals surface area contributed by atoms with Crippen molar-refractivity contribution in [1.29, 1.82) is 0 Å². The van der Waals surface area contributed by atoms with E-state index >= 15 is 0 Å². The number of piperidine rings is 1. The molecular weight excluding hydrogens is 346 g/mol. The van der Waals surface area contributed by atoms with Crippen molar-refractivity contribution in [1.82, 2.24) is 9.88 Å². The fourth-order valence-electron chi connectivity index (χ4n) is 4.46. The number of aromatic nitrogens is 1. The molecule has 3 aliphatic heterocycles. The quantitative estimate of drug-likeness (QED) is 0.859. The molecule has 7 heteroatoms. The highest BCUT2D eigenvalue weighted by Gasteiger charge is 2.33. The number of aliphatic hydroxyl groups excluding tert-OH is 1. The number of hydrogen-bond acceptors (Lipinski definition) is 7. The zero-order chi connectivity index (χ0) is 18.4. The molecule has 2 aromatic rings. The van der Waals surface area contributed by atoms with Crippen molar-refractivity contribution >= 4 is 16.6 Å². The Kier molecular flexibility index (Phi) is 4.30. The molecule has 2 fully saturated rings. The zero-order valence-electron chi connectivity index (χ0n) is 15.6. The molecule has 0 unspecified atom stereocenters. The summed E-state index contributed by atoms with van der Waals surface area (Å²) in [5.41, 5.74) is 2.97. The first kappa shape index (κ1) is 17.0. The van der Waals surface area contributed by atoms with Crippen LogP contribution in [0.4, 0.5) is 5.69 Å². The van der Waals surface area contributed by atoms with Gasteiger partial charge in [-0.1, -0.05) is 0 Å². The molecule has 0 amide bonds. The second kappa shape index (κ2) is 6.82. The van der Waals surface area contributed by atoms with Crippen LogP contribution in [0.5, 0.6) is 11.5 Å². The van der Waals surface area contributed by atoms with Gasteiger partial charge in [0.05, 0.1) is 24.8 Å². The van der Waals surface area contributed by atoms with Gasteiger partial charge in [0.25, 0.3) is 0 Å². The smallest absolute Gasteiger partial charge is 0.231 e. The normalized spacial score (nSPS) is 25.9. The first-order valence-corrected chi connectivity index (χ1v) is 9.65. The van der Waals surface area contributed by atoms with Gasteiger partial charge in [0, 0.05) is 55.1 Å². The Morgan fingerprint density at radius 2 is 1.85 bits per heavy atom. The minimum atomic E-state index is -0.380. The lowest BCUT2D eigenvalue weighted by atomic mass is 9.98. The number of aryl methyl sites for hydroxylation is 1. The van der Waals surface area contributed by atoms with Gasteiger partial charge in [-0.15, -0.1) is 0 Å². The molecule has 27 heavy (non-hydrogen) atoms. The molecule has 0 aliphatic carbocycles. The number of β-amino-alcohol motifs (C(OH)–C–C–N with tert-alkyl or cyclic N) is 1. The van der Waals surface area contributed by atoms with Crippen LogP contribution in [0, 0.1) is 6.92 Å². The summed E-state index contributed by atoms with van der Waals surface area (Å²) >= 11 is 0. The third-order valence-corrected chi connectivity index (χ3v) is 5.81. The van der Waals surface area contributed by atoms with Gasteiger partial charge in [-0.25, -0.2) is 0 Å². The van der Waals surface area contributed by atoms with Gasteiger partial charge in [0.2, 0.25) is 6.79 Å². The molecule has 144 valence electrons. The summed E-state index contributed by atoms with van der Waals surface area (Å²) in [4.78, 5) is 9.32. The molecule has 0 spiro atoms. The summed E-state index contributed by atoms with van der Waals surface area (Å²) in [5.74, 6) is 1.51. The van der Waals surface area contributed by atoms with E-state index in [9.17, 15) is 5.11 Å². The number of nitrogens with zero attached hydrogens (tertiary/aromatic N) is 3. The van der Waals surface area contributed by atoms with Crippen LogP contribution in [0.3, 0.4) is 0 Å². The van der Waals surface area contributed by atoms with Crippen LogP contribution in [0.15, 0.2) is 18.2 Å². The average molecular weight is 371 g/mol. The van der Waals surface area contributed by atoms with Crippen molar-refractivity contribution in [3.8, 4) is 11.5 Å². The Balaban J connectivity index is 1.44. The summed E-state index contributed by atoms with van der Waals surface area (Å²) in [6.45, 7) is 7.11. The molecule has 4 heterocycles. The van der Waals surface area contributed by atoms with E-state index in [1.54, 1.807) is 0 Å². The minimum absolute atomic E-state index is 0.209. The van der Waals surface area contributed by atoms with Crippen molar-refractivity contribution < 1.29 is 19.3 Å². The summed E-state index contributed by atoms with van der Waals surface area (Å²) in [6.07, 6.45) is 0.559. The second-order valence-electron chi connectivity index (χ2n) is 7.52. The Bertz CT molecular complexity index is 853. The third-order valence-electron chi connectivity index (χ3n) is 5.81. The van der Waals surface area contributed by atoms with Gasteiger partial charge in [0.15, 0.2) is 11.5 Å². The summed E-state index contributed by atoms with van der Waals surface area (Å²) in [7, 11) is 0. The maximum atomic E-state index is 10.9. The number of morpholine rings is 1. The lowest BCUT2D eigenvalue weighted by molar-refractivity contribution is -0.0273. The molecule has 1 N–H and O–H groups in total. The predicted molar refractivity (Wildman–Crippen MR) is 102 cm³/mol. The zero-order valence-corrected chi connectivity index (χ0v) is 15.6. The Morgan fingerprint density at radius 1 is 1.07 bits per heavy atom. The van der Waals surface area contributed by atoms with E-state index in [1.165, 1.54) is 0 Å². The Hall–Kier alpha value is -2.09. The van der Waals surface area contributed by atoms with Crippen molar-refractivity contribution in [2.24, 2.45) is 0 Å². The molecule has 7 nitrogen and oxygen atoms in total. The number of pyridine rings is 1.